The number of hydrogen-bond donors (Lipinski definition) is 2. The summed E-state index contributed by atoms with van der Waals surface area (Å²) in [6.45, 7) is 0.577. The summed E-state index contributed by atoms with van der Waals surface area (Å²) < 4.78 is 28.4. The van der Waals surface area contributed by atoms with Crippen molar-refractivity contribution in [2.45, 2.75) is 31.5 Å². The molecular weight excluding hydrogens is 350 g/mol. The van der Waals surface area contributed by atoms with Crippen molar-refractivity contribution in [1.82, 2.24) is 20.2 Å². The monoisotopic (exact) mass is 370 g/mol. The molecule has 1 amide bonds. The van der Waals surface area contributed by atoms with Gasteiger partial charge >= 0.3 is 0 Å². The number of nitrogens with zero attached hydrogens (tertiary/aromatic N) is 2. The van der Waals surface area contributed by atoms with Crippen molar-refractivity contribution in [2.75, 3.05) is 6.54 Å². The minimum Gasteiger partial charge on any atom is -0.351 e. The number of carbonyl (C=O) groups excluding carboxylic acids is 1. The molecule has 0 spiro atoms. The molecule has 1 fully saturated rings. The maximum absolute atomic E-state index is 13.2. The molecule has 27 heavy (non-hydrogen) atoms. The zero-order chi connectivity index (χ0) is 18.9. The highest BCUT2D eigenvalue weighted by Crippen LogP contribution is 2.25. The van der Waals surface area contributed by atoms with E-state index in [9.17, 15) is 13.6 Å². The second-order valence-electron chi connectivity index (χ2n) is 6.89. The number of benzene rings is 2. The van der Waals surface area contributed by atoms with Crippen LogP contribution in [0.25, 0.3) is 11.0 Å². The van der Waals surface area contributed by atoms with Crippen LogP contribution in [0.15, 0.2) is 54.9 Å². The van der Waals surface area contributed by atoms with Gasteiger partial charge in [0.15, 0.2) is 0 Å². The van der Waals surface area contributed by atoms with Crippen molar-refractivity contribution in [1.29, 1.82) is 0 Å². The van der Waals surface area contributed by atoms with Gasteiger partial charge in [0.05, 0.1) is 29.9 Å². The Balaban J connectivity index is 1.34. The lowest BCUT2D eigenvalue weighted by Gasteiger charge is -2.12. The number of hydrogen-bond acceptors (Lipinski definition) is 3. The fourth-order valence-corrected chi connectivity index (χ4v) is 3.31. The van der Waals surface area contributed by atoms with Gasteiger partial charge in [0.1, 0.15) is 0 Å². The van der Waals surface area contributed by atoms with Crippen LogP contribution in [0.3, 0.4) is 0 Å². The summed E-state index contributed by atoms with van der Waals surface area (Å²) in [6.07, 6.45) is 1.37. The number of imidazole rings is 1. The summed E-state index contributed by atoms with van der Waals surface area (Å²) in [7, 11) is 0. The van der Waals surface area contributed by atoms with E-state index in [1.54, 1.807) is 0 Å². The topological polar surface area (TPSA) is 59.0 Å². The van der Waals surface area contributed by atoms with E-state index in [0.29, 0.717) is 13.1 Å². The number of para-hydroxylation sites is 2. The fraction of sp³-hybridized carbons (Fsp3) is 0.300. The molecule has 0 saturated carbocycles. The third-order valence-corrected chi connectivity index (χ3v) is 4.80. The molecule has 140 valence electrons. The predicted octanol–water partition coefficient (Wildman–Crippen LogP) is 2.70. The molecular formula is C20H20F2N4O. The van der Waals surface area contributed by atoms with Crippen LogP contribution in [0.2, 0.25) is 0 Å². The third kappa shape index (κ3) is 3.98. The average Bonchev–Trinajstić information content (AvgIpc) is 3.24. The van der Waals surface area contributed by atoms with Gasteiger partial charge in [0.2, 0.25) is 5.91 Å². The van der Waals surface area contributed by atoms with E-state index in [4.69, 9.17) is 0 Å². The Morgan fingerprint density at radius 1 is 1.19 bits per heavy atom. The van der Waals surface area contributed by atoms with E-state index < -0.39 is 24.9 Å². The van der Waals surface area contributed by atoms with E-state index in [0.717, 1.165) is 22.2 Å². The van der Waals surface area contributed by atoms with Crippen LogP contribution in [0.4, 0.5) is 8.78 Å². The van der Waals surface area contributed by atoms with Crippen molar-refractivity contribution < 1.29 is 13.6 Å². The van der Waals surface area contributed by atoms with Crippen LogP contribution in [0.1, 0.15) is 17.5 Å². The molecule has 5 nitrogen and oxygen atoms in total. The van der Waals surface area contributed by atoms with Gasteiger partial charge in [-0.15, -0.1) is 0 Å². The molecule has 1 aliphatic heterocycles. The fourth-order valence-electron chi connectivity index (χ4n) is 3.31. The Labute approximate surface area is 155 Å². The normalized spacial score (nSPS) is 18.7. The van der Waals surface area contributed by atoms with Gasteiger partial charge in [-0.25, -0.2) is 13.8 Å². The van der Waals surface area contributed by atoms with Gasteiger partial charge in [0, 0.05) is 19.5 Å². The lowest BCUT2D eigenvalue weighted by Crippen LogP contribution is -2.40. The zero-order valence-corrected chi connectivity index (χ0v) is 14.7. The molecule has 2 N–H and O–H groups in total. The second kappa shape index (κ2) is 7.08. The van der Waals surface area contributed by atoms with Crippen LogP contribution >= 0.6 is 0 Å². The first-order chi connectivity index (χ1) is 13.0. The van der Waals surface area contributed by atoms with Crippen molar-refractivity contribution in [3.8, 4) is 0 Å². The molecule has 1 aromatic heterocycles. The van der Waals surface area contributed by atoms with Crippen molar-refractivity contribution in [3.63, 3.8) is 0 Å². The Kier molecular flexibility index (Phi) is 4.61. The van der Waals surface area contributed by atoms with Crippen LogP contribution in [-0.4, -0.2) is 34.0 Å². The smallest absolute Gasteiger partial charge is 0.262 e. The molecule has 3 aromatic rings. The number of aromatic nitrogens is 2. The molecule has 0 unspecified atom stereocenters. The Morgan fingerprint density at radius 3 is 2.67 bits per heavy atom. The zero-order valence-electron chi connectivity index (χ0n) is 14.7. The minimum absolute atomic E-state index is 0.316. The number of carbonyl (C=O) groups is 1. The number of nitrogens with one attached hydrogen (secondary N) is 2. The lowest BCUT2D eigenvalue weighted by atomic mass is 10.1. The summed E-state index contributed by atoms with van der Waals surface area (Å²) in [6, 6.07) is 15.0. The first-order valence-electron chi connectivity index (χ1n) is 8.87. The summed E-state index contributed by atoms with van der Waals surface area (Å²) >= 11 is 0. The Morgan fingerprint density at radius 2 is 1.93 bits per heavy atom. The number of fused-ring (bicyclic) bond motifs is 1. The predicted molar refractivity (Wildman–Crippen MR) is 98.5 cm³/mol. The first-order valence-corrected chi connectivity index (χ1v) is 8.87. The highest BCUT2D eigenvalue weighted by Gasteiger charge is 2.42. The standard InChI is InChI=1S/C20H20F2N4O/c21-20(22)9-17(24-12-20)19(27)23-10-14-5-7-15(8-6-14)11-26-13-25-16-3-1-2-4-18(16)26/h1-8,13,17,24H,9-12H2,(H,23,27)/t17-/m1/s1. The summed E-state index contributed by atoms with van der Waals surface area (Å²) in [5.41, 5.74) is 4.08. The van der Waals surface area contributed by atoms with E-state index in [2.05, 4.69) is 20.2 Å². The van der Waals surface area contributed by atoms with Crippen LogP contribution < -0.4 is 10.6 Å². The highest BCUT2D eigenvalue weighted by molar-refractivity contribution is 5.82. The number of halogens is 2. The molecule has 2 heterocycles. The third-order valence-electron chi connectivity index (χ3n) is 4.80. The number of alkyl halides is 2. The summed E-state index contributed by atoms with van der Waals surface area (Å²) in [5.74, 6) is -3.19. The van der Waals surface area contributed by atoms with Gasteiger partial charge < -0.3 is 9.88 Å². The van der Waals surface area contributed by atoms with Crippen LogP contribution in [0, 0.1) is 0 Å². The quantitative estimate of drug-likeness (QED) is 0.726. The summed E-state index contributed by atoms with van der Waals surface area (Å²) in [4.78, 5) is 16.4. The number of amides is 1. The van der Waals surface area contributed by atoms with Crippen LogP contribution in [0.5, 0.6) is 0 Å². The van der Waals surface area contributed by atoms with Crippen molar-refractivity contribution >= 4 is 16.9 Å². The first kappa shape index (κ1) is 17.6. The Hall–Kier alpha value is -2.80. The Bertz CT molecular complexity index is 952. The molecule has 4 rings (SSSR count). The minimum atomic E-state index is -2.80. The van der Waals surface area contributed by atoms with E-state index in [-0.39, 0.29) is 5.91 Å². The van der Waals surface area contributed by atoms with Crippen LogP contribution in [-0.2, 0) is 17.9 Å². The molecule has 0 aliphatic carbocycles. The maximum atomic E-state index is 13.2. The molecule has 0 radical (unpaired) electrons. The molecule has 2 aromatic carbocycles. The molecule has 1 saturated heterocycles. The van der Waals surface area contributed by atoms with E-state index in [1.165, 1.54) is 0 Å². The van der Waals surface area contributed by atoms with Gasteiger partial charge in [-0.1, -0.05) is 36.4 Å². The van der Waals surface area contributed by atoms with Gasteiger partial charge in [-0.05, 0) is 23.3 Å². The molecule has 7 heteroatoms. The highest BCUT2D eigenvalue weighted by atomic mass is 19.3. The van der Waals surface area contributed by atoms with Gasteiger partial charge in [-0.3, -0.25) is 10.1 Å². The molecule has 1 atom stereocenters. The molecule has 1 aliphatic rings. The van der Waals surface area contributed by atoms with E-state index in [1.807, 2.05) is 54.9 Å². The van der Waals surface area contributed by atoms with Gasteiger partial charge in [0.25, 0.3) is 5.92 Å². The van der Waals surface area contributed by atoms with Crippen molar-refractivity contribution in [3.05, 3.63) is 66.0 Å². The number of rotatable bonds is 5. The van der Waals surface area contributed by atoms with Gasteiger partial charge in [-0.2, -0.15) is 0 Å². The second-order valence-corrected chi connectivity index (χ2v) is 6.89. The summed E-state index contributed by atoms with van der Waals surface area (Å²) in [5, 5.41) is 5.28. The average molecular weight is 370 g/mol. The lowest BCUT2D eigenvalue weighted by molar-refractivity contribution is -0.123. The maximum Gasteiger partial charge on any atom is 0.262 e. The van der Waals surface area contributed by atoms with Crippen molar-refractivity contribution in [2.24, 2.45) is 0 Å². The van der Waals surface area contributed by atoms with E-state index >= 15 is 0 Å². The largest absolute Gasteiger partial charge is 0.351 e. The molecule has 0 bridgehead atoms. The SMILES string of the molecule is O=C(NCc1ccc(Cn2cnc3ccccc32)cc1)[C@H]1CC(F)(F)CN1.